The van der Waals surface area contributed by atoms with Gasteiger partial charge in [-0.2, -0.15) is 0 Å². The molecule has 7 nitrogen and oxygen atoms in total. The average Bonchev–Trinajstić information content (AvgIpc) is 3.21. The van der Waals surface area contributed by atoms with Gasteiger partial charge in [-0.05, 0) is 42.7 Å². The molecule has 3 aromatic carbocycles. The van der Waals surface area contributed by atoms with Crippen molar-refractivity contribution < 1.29 is 9.59 Å². The average molecular weight is 496 g/mol. The number of nitrogens with zero attached hydrogens (tertiary/aromatic N) is 4. The zero-order chi connectivity index (χ0) is 25.2. The maximum Gasteiger partial charge on any atom is 0.257 e. The number of hydrogen-bond acceptors (Lipinski definition) is 5. The van der Waals surface area contributed by atoms with Crippen LogP contribution < -0.4 is 10.2 Å². The second-order valence-corrected chi connectivity index (χ2v) is 10.2. The van der Waals surface area contributed by atoms with E-state index in [2.05, 4.69) is 39.4 Å². The van der Waals surface area contributed by atoms with Gasteiger partial charge >= 0.3 is 0 Å². The third-order valence-electron chi connectivity index (χ3n) is 8.07. The molecule has 0 radical (unpaired) electrons. The Morgan fingerprint density at radius 3 is 2.19 bits per heavy atom. The van der Waals surface area contributed by atoms with Crippen LogP contribution in [0.3, 0.4) is 0 Å². The molecule has 3 aliphatic rings. The molecular weight excluding hydrogens is 462 g/mol. The van der Waals surface area contributed by atoms with Gasteiger partial charge < -0.3 is 24.9 Å². The van der Waals surface area contributed by atoms with E-state index in [4.69, 9.17) is 0 Å². The predicted molar refractivity (Wildman–Crippen MR) is 145 cm³/mol. The van der Waals surface area contributed by atoms with E-state index in [1.165, 1.54) is 0 Å². The number of anilines is 2. The summed E-state index contributed by atoms with van der Waals surface area (Å²) in [4.78, 5) is 35.5. The quantitative estimate of drug-likeness (QED) is 0.563. The molecule has 0 bridgehead atoms. The van der Waals surface area contributed by atoms with Gasteiger partial charge in [-0.25, -0.2) is 0 Å². The van der Waals surface area contributed by atoms with Gasteiger partial charge in [-0.3, -0.25) is 9.59 Å². The van der Waals surface area contributed by atoms with Crippen molar-refractivity contribution in [2.75, 3.05) is 49.7 Å². The Labute approximate surface area is 218 Å². The Bertz CT molecular complexity index is 1260. The van der Waals surface area contributed by atoms with E-state index in [-0.39, 0.29) is 11.8 Å². The highest BCUT2D eigenvalue weighted by atomic mass is 16.2. The van der Waals surface area contributed by atoms with E-state index in [1.54, 1.807) is 0 Å². The van der Waals surface area contributed by atoms with Crippen LogP contribution in [-0.4, -0.2) is 71.6 Å². The predicted octanol–water partition coefficient (Wildman–Crippen LogP) is 3.85. The summed E-state index contributed by atoms with van der Waals surface area (Å²) in [6, 6.07) is 28.3. The first-order valence-electron chi connectivity index (χ1n) is 13.1. The van der Waals surface area contributed by atoms with Crippen LogP contribution in [-0.2, 0) is 11.3 Å². The zero-order valence-corrected chi connectivity index (χ0v) is 21.1. The number of carbonyl (C=O) groups excluding carboxylic acids is 2. The van der Waals surface area contributed by atoms with Crippen LogP contribution in [0.25, 0.3) is 0 Å². The van der Waals surface area contributed by atoms with Gasteiger partial charge in [0.25, 0.3) is 5.91 Å². The number of piperidine rings is 1. The van der Waals surface area contributed by atoms with E-state index < -0.39 is 5.54 Å². The monoisotopic (exact) mass is 495 g/mol. The fourth-order valence-electron chi connectivity index (χ4n) is 5.96. The maximum absolute atomic E-state index is 13.9. The standard InChI is InChI=1S/C30H33N5O2/c36-28-26-13-7-8-14-27(26)31-22-33(28)20-19-32-17-15-30(16-18-32)29(37)34(21-24-9-3-1-4-10-24)23-35(30)25-11-5-2-6-12-25/h1-14,31H,15-23H2. The molecule has 37 heavy (non-hydrogen) atoms. The highest BCUT2D eigenvalue weighted by Gasteiger charge is 2.53. The second-order valence-electron chi connectivity index (χ2n) is 10.2. The number of hydrogen-bond donors (Lipinski definition) is 1. The van der Waals surface area contributed by atoms with Gasteiger partial charge in [0.05, 0.1) is 18.9 Å². The molecule has 3 heterocycles. The molecule has 2 amide bonds. The molecule has 0 aliphatic carbocycles. The van der Waals surface area contributed by atoms with Crippen LogP contribution in [0.5, 0.6) is 0 Å². The highest BCUT2D eigenvalue weighted by Crippen LogP contribution is 2.40. The summed E-state index contributed by atoms with van der Waals surface area (Å²) in [6.45, 7) is 4.90. The molecule has 0 saturated carbocycles. The maximum atomic E-state index is 13.9. The van der Waals surface area contributed by atoms with Crippen molar-refractivity contribution in [1.29, 1.82) is 0 Å². The number of amides is 2. The number of para-hydroxylation sites is 2. The topological polar surface area (TPSA) is 59.1 Å². The van der Waals surface area contributed by atoms with Crippen LogP contribution in [0.15, 0.2) is 84.9 Å². The third-order valence-corrected chi connectivity index (χ3v) is 8.07. The first-order chi connectivity index (χ1) is 18.1. The molecule has 1 N–H and O–H groups in total. The molecule has 0 atom stereocenters. The molecule has 0 unspecified atom stereocenters. The minimum absolute atomic E-state index is 0.0839. The Kier molecular flexibility index (Phi) is 6.30. The Morgan fingerprint density at radius 2 is 1.43 bits per heavy atom. The molecule has 1 spiro atoms. The number of fused-ring (bicyclic) bond motifs is 1. The molecule has 3 aromatic rings. The van der Waals surface area contributed by atoms with Crippen LogP contribution in [0.1, 0.15) is 28.8 Å². The molecule has 0 aromatic heterocycles. The zero-order valence-electron chi connectivity index (χ0n) is 21.1. The Balaban J connectivity index is 1.14. The van der Waals surface area contributed by atoms with E-state index in [1.807, 2.05) is 70.5 Å². The van der Waals surface area contributed by atoms with E-state index >= 15 is 0 Å². The van der Waals surface area contributed by atoms with Gasteiger partial charge in [0, 0.05) is 44.1 Å². The van der Waals surface area contributed by atoms with Gasteiger partial charge in [0.2, 0.25) is 5.91 Å². The summed E-state index contributed by atoms with van der Waals surface area (Å²) in [5.41, 5.74) is 3.38. The first kappa shape index (κ1) is 23.6. The van der Waals surface area contributed by atoms with Crippen molar-refractivity contribution in [2.24, 2.45) is 0 Å². The summed E-state index contributed by atoms with van der Waals surface area (Å²) in [5.74, 6) is 0.312. The van der Waals surface area contributed by atoms with Crippen molar-refractivity contribution >= 4 is 23.2 Å². The van der Waals surface area contributed by atoms with Crippen LogP contribution in [0, 0.1) is 0 Å². The normalized spacial score (nSPS) is 19.3. The smallest absolute Gasteiger partial charge is 0.257 e. The lowest BCUT2D eigenvalue weighted by atomic mass is 9.85. The molecule has 190 valence electrons. The van der Waals surface area contributed by atoms with Crippen molar-refractivity contribution in [3.05, 3.63) is 96.1 Å². The van der Waals surface area contributed by atoms with Crippen molar-refractivity contribution in [2.45, 2.75) is 24.9 Å². The fourth-order valence-corrected chi connectivity index (χ4v) is 5.96. The molecular formula is C30H33N5O2. The van der Waals surface area contributed by atoms with Crippen LogP contribution >= 0.6 is 0 Å². The van der Waals surface area contributed by atoms with Gasteiger partial charge in [0.15, 0.2) is 0 Å². The van der Waals surface area contributed by atoms with Crippen molar-refractivity contribution in [3.63, 3.8) is 0 Å². The summed E-state index contributed by atoms with van der Waals surface area (Å²) in [7, 11) is 0. The minimum atomic E-state index is -0.520. The Morgan fingerprint density at radius 1 is 0.757 bits per heavy atom. The second kappa shape index (κ2) is 9.90. The lowest BCUT2D eigenvalue weighted by Crippen LogP contribution is -2.57. The number of nitrogens with one attached hydrogen (secondary N) is 1. The first-order valence-corrected chi connectivity index (χ1v) is 13.1. The Hall–Kier alpha value is -3.84. The minimum Gasteiger partial charge on any atom is -0.367 e. The third kappa shape index (κ3) is 4.44. The summed E-state index contributed by atoms with van der Waals surface area (Å²) in [5, 5.41) is 3.35. The van der Waals surface area contributed by atoms with Crippen LogP contribution in [0.4, 0.5) is 11.4 Å². The summed E-state index contributed by atoms with van der Waals surface area (Å²) in [6.07, 6.45) is 1.56. The van der Waals surface area contributed by atoms with Crippen molar-refractivity contribution in [1.82, 2.24) is 14.7 Å². The number of carbonyl (C=O) groups is 2. The number of benzene rings is 3. The van der Waals surface area contributed by atoms with Gasteiger partial charge in [-0.15, -0.1) is 0 Å². The van der Waals surface area contributed by atoms with E-state index in [0.717, 1.165) is 55.0 Å². The summed E-state index contributed by atoms with van der Waals surface area (Å²) >= 11 is 0. The van der Waals surface area contributed by atoms with Crippen molar-refractivity contribution in [3.8, 4) is 0 Å². The SMILES string of the molecule is O=C1c2ccccc2NCN1CCN1CCC2(CC1)C(=O)N(Cc1ccccc1)CN2c1ccccc1. The molecule has 2 saturated heterocycles. The molecule has 3 aliphatic heterocycles. The molecule has 7 heteroatoms. The van der Waals surface area contributed by atoms with E-state index in [9.17, 15) is 9.59 Å². The number of likely N-dealkylation sites (tertiary alicyclic amines) is 1. The van der Waals surface area contributed by atoms with E-state index in [0.29, 0.717) is 26.4 Å². The number of rotatable bonds is 6. The summed E-state index contributed by atoms with van der Waals surface area (Å²) < 4.78 is 0. The van der Waals surface area contributed by atoms with Gasteiger partial charge in [-0.1, -0.05) is 60.7 Å². The molecule has 6 rings (SSSR count). The van der Waals surface area contributed by atoms with Crippen LogP contribution in [0.2, 0.25) is 0 Å². The largest absolute Gasteiger partial charge is 0.367 e. The lowest BCUT2D eigenvalue weighted by molar-refractivity contribution is -0.134. The lowest BCUT2D eigenvalue weighted by Gasteiger charge is -2.43. The fraction of sp³-hybridized carbons (Fsp3) is 0.333. The van der Waals surface area contributed by atoms with Gasteiger partial charge in [0.1, 0.15) is 5.54 Å². The molecule has 2 fully saturated rings. The highest BCUT2D eigenvalue weighted by molar-refractivity contribution is 6.01.